The number of anilines is 1. The van der Waals surface area contributed by atoms with Crippen molar-refractivity contribution in [3.63, 3.8) is 0 Å². The molecule has 1 aliphatic heterocycles. The lowest BCUT2D eigenvalue weighted by Gasteiger charge is -2.29. The van der Waals surface area contributed by atoms with Gasteiger partial charge in [-0.05, 0) is 42.9 Å². The SMILES string of the molecule is CCN1/C(=C/C=C2\C=C([N+](=O)[O-])C=CC2=O)C=Cc2ccccc21. The zero-order chi connectivity index (χ0) is 17.1. The molecular formula is C19H16N2O3. The third-order valence-electron chi connectivity index (χ3n) is 3.93. The number of hydrogen-bond acceptors (Lipinski definition) is 4. The zero-order valence-electron chi connectivity index (χ0n) is 13.2. The van der Waals surface area contributed by atoms with Crippen LogP contribution in [0.2, 0.25) is 0 Å². The summed E-state index contributed by atoms with van der Waals surface area (Å²) in [6.07, 6.45) is 11.2. The van der Waals surface area contributed by atoms with Crippen LogP contribution < -0.4 is 4.90 Å². The summed E-state index contributed by atoms with van der Waals surface area (Å²) >= 11 is 0. The smallest absolute Gasteiger partial charge is 0.270 e. The number of ketones is 1. The topological polar surface area (TPSA) is 63.4 Å². The fourth-order valence-corrected chi connectivity index (χ4v) is 2.73. The molecule has 5 heteroatoms. The number of nitro groups is 1. The van der Waals surface area contributed by atoms with Crippen LogP contribution in [0.25, 0.3) is 6.08 Å². The molecule has 3 rings (SSSR count). The Kier molecular flexibility index (Phi) is 4.24. The molecule has 120 valence electrons. The lowest BCUT2D eigenvalue weighted by atomic mass is 10.0. The van der Waals surface area contributed by atoms with Crippen molar-refractivity contribution in [3.8, 4) is 0 Å². The van der Waals surface area contributed by atoms with Gasteiger partial charge in [-0.3, -0.25) is 14.9 Å². The van der Waals surface area contributed by atoms with Crippen LogP contribution in [0.5, 0.6) is 0 Å². The van der Waals surface area contributed by atoms with Crippen LogP contribution in [0, 0.1) is 10.1 Å². The second-order valence-corrected chi connectivity index (χ2v) is 5.37. The Bertz CT molecular complexity index is 857. The largest absolute Gasteiger partial charge is 0.341 e. The fourth-order valence-electron chi connectivity index (χ4n) is 2.73. The first-order chi connectivity index (χ1) is 11.6. The first-order valence-electron chi connectivity index (χ1n) is 7.65. The van der Waals surface area contributed by atoms with E-state index in [1.807, 2.05) is 42.5 Å². The fraction of sp³-hybridized carbons (Fsp3) is 0.105. The minimum atomic E-state index is -0.501. The molecule has 5 nitrogen and oxygen atoms in total. The zero-order valence-corrected chi connectivity index (χ0v) is 13.2. The Morgan fingerprint density at radius 3 is 2.67 bits per heavy atom. The highest BCUT2D eigenvalue weighted by Crippen LogP contribution is 2.30. The van der Waals surface area contributed by atoms with Crippen molar-refractivity contribution in [3.05, 3.63) is 93.4 Å². The maximum Gasteiger partial charge on any atom is 0.270 e. The highest BCUT2D eigenvalue weighted by Gasteiger charge is 2.18. The molecule has 2 aliphatic rings. The van der Waals surface area contributed by atoms with Crippen LogP contribution in [-0.2, 0) is 4.79 Å². The first kappa shape index (κ1) is 15.7. The van der Waals surface area contributed by atoms with Crippen LogP contribution in [0.3, 0.4) is 0 Å². The number of allylic oxidation sites excluding steroid dienone is 7. The predicted octanol–water partition coefficient (Wildman–Crippen LogP) is 3.65. The van der Waals surface area contributed by atoms with Crippen molar-refractivity contribution in [2.45, 2.75) is 6.92 Å². The molecule has 0 fully saturated rings. The maximum atomic E-state index is 11.9. The summed E-state index contributed by atoms with van der Waals surface area (Å²) in [4.78, 5) is 24.4. The third-order valence-corrected chi connectivity index (χ3v) is 3.93. The average molecular weight is 320 g/mol. The van der Waals surface area contributed by atoms with E-state index in [4.69, 9.17) is 0 Å². The molecule has 1 heterocycles. The van der Waals surface area contributed by atoms with Crippen LogP contribution in [0.4, 0.5) is 5.69 Å². The normalized spacial score (nSPS) is 19.6. The van der Waals surface area contributed by atoms with Crippen LogP contribution in [0.15, 0.2) is 77.7 Å². The molecule has 0 N–H and O–H groups in total. The van der Waals surface area contributed by atoms with Crippen molar-refractivity contribution < 1.29 is 9.72 Å². The predicted molar refractivity (Wildman–Crippen MR) is 93.9 cm³/mol. The van der Waals surface area contributed by atoms with E-state index in [1.165, 1.54) is 18.2 Å². The summed E-state index contributed by atoms with van der Waals surface area (Å²) in [5.74, 6) is -0.235. The van der Waals surface area contributed by atoms with E-state index in [2.05, 4.69) is 11.8 Å². The second-order valence-electron chi connectivity index (χ2n) is 5.37. The van der Waals surface area contributed by atoms with Gasteiger partial charge >= 0.3 is 0 Å². The molecule has 24 heavy (non-hydrogen) atoms. The van der Waals surface area contributed by atoms with E-state index in [9.17, 15) is 14.9 Å². The molecule has 0 aromatic heterocycles. The van der Waals surface area contributed by atoms with Gasteiger partial charge in [0.1, 0.15) is 0 Å². The number of rotatable bonds is 3. The van der Waals surface area contributed by atoms with Crippen molar-refractivity contribution >= 4 is 17.5 Å². The van der Waals surface area contributed by atoms with Gasteiger partial charge in [-0.15, -0.1) is 0 Å². The van der Waals surface area contributed by atoms with Crippen molar-refractivity contribution in [1.82, 2.24) is 0 Å². The van der Waals surface area contributed by atoms with Gasteiger partial charge < -0.3 is 4.90 Å². The van der Waals surface area contributed by atoms with E-state index >= 15 is 0 Å². The number of benzene rings is 1. The lowest BCUT2D eigenvalue weighted by Crippen LogP contribution is -2.23. The molecular weight excluding hydrogens is 304 g/mol. The molecule has 0 atom stereocenters. The molecule has 0 spiro atoms. The van der Waals surface area contributed by atoms with Gasteiger partial charge in [-0.1, -0.05) is 24.3 Å². The van der Waals surface area contributed by atoms with Crippen LogP contribution >= 0.6 is 0 Å². The van der Waals surface area contributed by atoms with E-state index < -0.39 is 4.92 Å². The summed E-state index contributed by atoms with van der Waals surface area (Å²) in [6, 6.07) is 8.07. The number of nitrogens with zero attached hydrogens (tertiary/aromatic N) is 2. The molecule has 0 unspecified atom stereocenters. The summed E-state index contributed by atoms with van der Waals surface area (Å²) in [7, 11) is 0. The number of likely N-dealkylation sites (N-methyl/N-ethyl adjacent to an activating group) is 1. The molecule has 0 bridgehead atoms. The molecule has 1 aliphatic carbocycles. The van der Waals surface area contributed by atoms with Gasteiger partial charge in [-0.2, -0.15) is 0 Å². The molecule has 1 aromatic rings. The van der Waals surface area contributed by atoms with Crippen LogP contribution in [0.1, 0.15) is 12.5 Å². The molecule has 0 saturated carbocycles. The lowest BCUT2D eigenvalue weighted by molar-refractivity contribution is -0.419. The molecule has 1 aromatic carbocycles. The number of carbonyl (C=O) groups is 1. The quantitative estimate of drug-likeness (QED) is 0.484. The summed E-state index contributed by atoms with van der Waals surface area (Å²) in [5.41, 5.74) is 3.39. The Hall–Kier alpha value is -3.21. The number of hydrogen-bond donors (Lipinski definition) is 0. The highest BCUT2D eigenvalue weighted by molar-refractivity contribution is 6.07. The van der Waals surface area contributed by atoms with E-state index in [0.29, 0.717) is 5.57 Å². The standard InChI is InChI=1S/C19H16N2O3/c1-2-20-16(9-7-14-5-3-4-6-18(14)20)10-8-15-13-17(21(23)24)11-12-19(15)22/h3-13H,2H2,1H3/b15-8+,16-10+. The summed E-state index contributed by atoms with van der Waals surface area (Å²) in [5, 5.41) is 10.9. The second kappa shape index (κ2) is 6.50. The number of para-hydroxylation sites is 1. The van der Waals surface area contributed by atoms with Gasteiger partial charge in [0.25, 0.3) is 5.70 Å². The minimum Gasteiger partial charge on any atom is -0.341 e. The summed E-state index contributed by atoms with van der Waals surface area (Å²) in [6.45, 7) is 2.83. The molecule has 0 amide bonds. The average Bonchev–Trinajstić information content (AvgIpc) is 2.60. The Balaban J connectivity index is 1.96. The van der Waals surface area contributed by atoms with E-state index in [-0.39, 0.29) is 11.5 Å². The van der Waals surface area contributed by atoms with Gasteiger partial charge in [-0.25, -0.2) is 0 Å². The van der Waals surface area contributed by atoms with Crippen LogP contribution in [-0.4, -0.2) is 17.3 Å². The van der Waals surface area contributed by atoms with Crippen molar-refractivity contribution in [2.24, 2.45) is 0 Å². The van der Waals surface area contributed by atoms with E-state index in [1.54, 1.807) is 6.08 Å². The van der Waals surface area contributed by atoms with Gasteiger partial charge in [0.15, 0.2) is 5.78 Å². The number of carbonyl (C=O) groups excluding carboxylic acids is 1. The molecule has 0 radical (unpaired) electrons. The van der Waals surface area contributed by atoms with Gasteiger partial charge in [0, 0.05) is 35.7 Å². The third kappa shape index (κ3) is 2.96. The summed E-state index contributed by atoms with van der Waals surface area (Å²) < 4.78 is 0. The highest BCUT2D eigenvalue weighted by atomic mass is 16.6. The Labute approximate surface area is 139 Å². The Morgan fingerprint density at radius 1 is 1.12 bits per heavy atom. The van der Waals surface area contributed by atoms with E-state index in [0.717, 1.165) is 23.5 Å². The van der Waals surface area contributed by atoms with Crippen molar-refractivity contribution in [1.29, 1.82) is 0 Å². The first-order valence-corrected chi connectivity index (χ1v) is 7.65. The van der Waals surface area contributed by atoms with Gasteiger partial charge in [0.05, 0.1) is 4.92 Å². The van der Waals surface area contributed by atoms with Crippen molar-refractivity contribution in [2.75, 3.05) is 11.4 Å². The maximum absolute atomic E-state index is 11.9. The molecule has 0 saturated heterocycles. The minimum absolute atomic E-state index is 0.0869. The number of fused-ring (bicyclic) bond motifs is 1. The Morgan fingerprint density at radius 2 is 1.92 bits per heavy atom. The van der Waals surface area contributed by atoms with Gasteiger partial charge in [0.2, 0.25) is 0 Å². The monoisotopic (exact) mass is 320 g/mol.